The van der Waals surface area contributed by atoms with Gasteiger partial charge in [-0.05, 0) is 42.0 Å². The van der Waals surface area contributed by atoms with Crippen molar-refractivity contribution in [3.8, 4) is 0 Å². The van der Waals surface area contributed by atoms with Crippen LogP contribution in [0.1, 0.15) is 21.6 Å². The largest absolute Gasteiger partial charge is 0.366 e. The maximum atomic E-state index is 12.2. The summed E-state index contributed by atoms with van der Waals surface area (Å²) in [5.74, 6) is 0.128. The van der Waals surface area contributed by atoms with Gasteiger partial charge >= 0.3 is 0 Å². The molecular formula is C19H16ClN3O2S2. The lowest BCUT2D eigenvalue weighted by molar-refractivity contribution is -0.115. The number of nitrogens with two attached hydrogens (primary N) is 1. The Kier molecular flexibility index (Phi) is 6.49. The number of carbonyl (C=O) groups is 2. The average Bonchev–Trinajstić information content (AvgIpc) is 3.09. The Hall–Kier alpha value is -2.35. The van der Waals surface area contributed by atoms with E-state index in [0.29, 0.717) is 11.3 Å². The van der Waals surface area contributed by atoms with Crippen LogP contribution in [0.25, 0.3) is 0 Å². The van der Waals surface area contributed by atoms with E-state index in [4.69, 9.17) is 17.3 Å². The molecule has 0 saturated heterocycles. The van der Waals surface area contributed by atoms with Gasteiger partial charge in [-0.25, -0.2) is 4.98 Å². The fraction of sp³-hybridized carbons (Fsp3) is 0.105. The highest BCUT2D eigenvalue weighted by atomic mass is 35.5. The minimum absolute atomic E-state index is 0.165. The average molecular weight is 418 g/mol. The predicted octanol–water partition coefficient (Wildman–Crippen LogP) is 4.37. The quantitative estimate of drug-likeness (QED) is 0.559. The molecule has 1 heterocycles. The first-order valence-corrected chi connectivity index (χ1v) is 10.3. The molecule has 0 spiro atoms. The van der Waals surface area contributed by atoms with Gasteiger partial charge < -0.3 is 11.1 Å². The molecule has 0 aliphatic heterocycles. The van der Waals surface area contributed by atoms with E-state index >= 15 is 0 Å². The summed E-state index contributed by atoms with van der Waals surface area (Å²) < 4.78 is 0.915. The third-order valence-corrected chi connectivity index (χ3v) is 5.99. The summed E-state index contributed by atoms with van der Waals surface area (Å²) >= 11 is 9.03. The molecule has 0 atom stereocenters. The smallest absolute Gasteiger partial charge is 0.248 e. The summed E-state index contributed by atoms with van der Waals surface area (Å²) in [7, 11) is 0. The molecule has 0 saturated carbocycles. The van der Waals surface area contributed by atoms with Crippen LogP contribution in [0.15, 0.2) is 58.3 Å². The molecule has 0 aliphatic rings. The minimum atomic E-state index is -0.501. The maximum absolute atomic E-state index is 12.2. The van der Waals surface area contributed by atoms with Crippen LogP contribution in [-0.4, -0.2) is 16.8 Å². The van der Waals surface area contributed by atoms with Crippen molar-refractivity contribution in [2.45, 2.75) is 16.5 Å². The van der Waals surface area contributed by atoms with Gasteiger partial charge in [0.1, 0.15) is 4.34 Å². The van der Waals surface area contributed by atoms with Gasteiger partial charge in [-0.15, -0.1) is 11.3 Å². The first kappa shape index (κ1) is 19.4. The lowest BCUT2D eigenvalue weighted by atomic mass is 10.2. The van der Waals surface area contributed by atoms with Crippen molar-refractivity contribution in [2.75, 3.05) is 5.32 Å². The Balaban J connectivity index is 1.51. The third-order valence-electron chi connectivity index (χ3n) is 3.60. The molecule has 8 heteroatoms. The van der Waals surface area contributed by atoms with E-state index in [1.165, 1.54) is 16.9 Å². The van der Waals surface area contributed by atoms with Gasteiger partial charge in [0, 0.05) is 27.4 Å². The summed E-state index contributed by atoms with van der Waals surface area (Å²) in [4.78, 5) is 27.7. The molecule has 3 N–H and O–H groups in total. The molecule has 138 valence electrons. The fourth-order valence-electron chi connectivity index (χ4n) is 2.25. The zero-order chi connectivity index (χ0) is 19.2. The first-order chi connectivity index (χ1) is 13.0. The Labute approximate surface area is 170 Å². The second kappa shape index (κ2) is 9.03. The van der Waals surface area contributed by atoms with Crippen LogP contribution in [0.5, 0.6) is 0 Å². The SMILES string of the molecule is NC(=O)c1ccc(NC(=O)Cc2csc(SCc3ccc(Cl)cc3)n2)cc1. The number of benzene rings is 2. The Morgan fingerprint density at radius 2 is 1.81 bits per heavy atom. The fourth-order valence-corrected chi connectivity index (χ4v) is 4.18. The van der Waals surface area contributed by atoms with Crippen LogP contribution >= 0.6 is 34.7 Å². The number of hydrogen-bond donors (Lipinski definition) is 2. The number of aromatic nitrogens is 1. The van der Waals surface area contributed by atoms with Gasteiger partial charge in [-0.2, -0.15) is 0 Å². The van der Waals surface area contributed by atoms with Crippen molar-refractivity contribution in [3.63, 3.8) is 0 Å². The molecule has 0 fully saturated rings. The second-order valence-corrected chi connectivity index (χ2v) is 8.20. The lowest BCUT2D eigenvalue weighted by Gasteiger charge is -2.04. The molecule has 27 heavy (non-hydrogen) atoms. The van der Waals surface area contributed by atoms with Gasteiger partial charge in [0.25, 0.3) is 0 Å². The van der Waals surface area contributed by atoms with Gasteiger partial charge in [-0.3, -0.25) is 9.59 Å². The molecular weight excluding hydrogens is 402 g/mol. The monoisotopic (exact) mass is 417 g/mol. The zero-order valence-corrected chi connectivity index (χ0v) is 16.5. The molecule has 2 amide bonds. The molecule has 1 aromatic heterocycles. The highest BCUT2D eigenvalue weighted by molar-refractivity contribution is 8.00. The lowest BCUT2D eigenvalue weighted by Crippen LogP contribution is -2.15. The summed E-state index contributed by atoms with van der Waals surface area (Å²) in [6.07, 6.45) is 0.190. The van der Waals surface area contributed by atoms with Crippen molar-refractivity contribution in [2.24, 2.45) is 5.73 Å². The molecule has 5 nitrogen and oxygen atoms in total. The first-order valence-electron chi connectivity index (χ1n) is 8.01. The van der Waals surface area contributed by atoms with E-state index in [1.807, 2.05) is 29.6 Å². The molecule has 0 unspecified atom stereocenters. The van der Waals surface area contributed by atoms with E-state index in [1.54, 1.807) is 36.0 Å². The van der Waals surface area contributed by atoms with Crippen molar-refractivity contribution in [1.29, 1.82) is 0 Å². The number of thioether (sulfide) groups is 1. The van der Waals surface area contributed by atoms with E-state index in [-0.39, 0.29) is 12.3 Å². The molecule has 3 aromatic rings. The second-order valence-electron chi connectivity index (χ2n) is 5.69. The van der Waals surface area contributed by atoms with Crippen molar-refractivity contribution in [3.05, 3.63) is 75.8 Å². The predicted molar refractivity (Wildman–Crippen MR) is 110 cm³/mol. The van der Waals surface area contributed by atoms with Gasteiger partial charge in [0.05, 0.1) is 12.1 Å². The number of hydrogen-bond acceptors (Lipinski definition) is 5. The number of rotatable bonds is 7. The summed E-state index contributed by atoms with van der Waals surface area (Å²) in [6, 6.07) is 14.1. The molecule has 0 bridgehead atoms. The van der Waals surface area contributed by atoms with E-state index in [0.717, 1.165) is 20.8 Å². The highest BCUT2D eigenvalue weighted by Gasteiger charge is 2.09. The minimum Gasteiger partial charge on any atom is -0.366 e. The van der Waals surface area contributed by atoms with E-state index < -0.39 is 5.91 Å². The van der Waals surface area contributed by atoms with Crippen LogP contribution in [-0.2, 0) is 17.0 Å². The van der Waals surface area contributed by atoms with Crippen LogP contribution in [0, 0.1) is 0 Å². The number of thiazole rings is 1. The third kappa shape index (κ3) is 5.82. The molecule has 0 radical (unpaired) electrons. The van der Waals surface area contributed by atoms with Crippen molar-refractivity contribution in [1.82, 2.24) is 4.98 Å². The number of amides is 2. The normalized spacial score (nSPS) is 10.6. The van der Waals surface area contributed by atoms with Gasteiger partial charge in [0.2, 0.25) is 11.8 Å². The van der Waals surface area contributed by atoms with E-state index in [2.05, 4.69) is 10.3 Å². The van der Waals surface area contributed by atoms with Crippen LogP contribution in [0.2, 0.25) is 5.02 Å². The van der Waals surface area contributed by atoms with Crippen LogP contribution < -0.4 is 11.1 Å². The molecule has 3 rings (SSSR count). The van der Waals surface area contributed by atoms with Gasteiger partial charge in [-0.1, -0.05) is 35.5 Å². The van der Waals surface area contributed by atoms with Crippen LogP contribution in [0.3, 0.4) is 0 Å². The number of halogens is 1. The Bertz CT molecular complexity index is 940. The zero-order valence-electron chi connectivity index (χ0n) is 14.1. The highest BCUT2D eigenvalue weighted by Crippen LogP contribution is 2.27. The van der Waals surface area contributed by atoms with Crippen molar-refractivity contribution >= 4 is 52.2 Å². The Morgan fingerprint density at radius 1 is 1.11 bits per heavy atom. The Morgan fingerprint density at radius 3 is 2.48 bits per heavy atom. The topological polar surface area (TPSA) is 85.1 Å². The van der Waals surface area contributed by atoms with E-state index in [9.17, 15) is 9.59 Å². The standard InChI is InChI=1S/C19H16ClN3O2S2/c20-14-5-1-12(2-6-14)10-26-19-23-16(11-27-19)9-17(24)22-15-7-3-13(4-8-15)18(21)25/h1-8,11H,9-10H2,(H2,21,25)(H,22,24). The summed E-state index contributed by atoms with van der Waals surface area (Å²) in [5, 5.41) is 5.39. The number of anilines is 1. The summed E-state index contributed by atoms with van der Waals surface area (Å²) in [6.45, 7) is 0. The van der Waals surface area contributed by atoms with Crippen molar-refractivity contribution < 1.29 is 9.59 Å². The number of primary amides is 1. The van der Waals surface area contributed by atoms with Crippen LogP contribution in [0.4, 0.5) is 5.69 Å². The molecule has 0 aliphatic carbocycles. The number of nitrogens with zero attached hydrogens (tertiary/aromatic N) is 1. The molecule has 2 aromatic carbocycles. The number of nitrogens with one attached hydrogen (secondary N) is 1. The van der Waals surface area contributed by atoms with Gasteiger partial charge in [0.15, 0.2) is 0 Å². The number of carbonyl (C=O) groups excluding carboxylic acids is 2. The summed E-state index contributed by atoms with van der Waals surface area (Å²) in [5.41, 5.74) is 8.10. The maximum Gasteiger partial charge on any atom is 0.248 e.